The van der Waals surface area contributed by atoms with Crippen LogP contribution >= 0.6 is 7.60 Å². The summed E-state index contributed by atoms with van der Waals surface area (Å²) in [4.78, 5) is 32.7. The predicted molar refractivity (Wildman–Crippen MR) is 76.2 cm³/mol. The summed E-state index contributed by atoms with van der Waals surface area (Å²) in [7, 11) is -4.11. The molecule has 0 saturated carbocycles. The predicted octanol–water partition coefficient (Wildman–Crippen LogP) is 0.345. The molecule has 1 amide bonds. The summed E-state index contributed by atoms with van der Waals surface area (Å²) in [6.45, 7) is 3.69. The highest BCUT2D eigenvalue weighted by molar-refractivity contribution is 7.51. The molecular weight excluding hydrogens is 313 g/mol. The topological polar surface area (TPSA) is 148 Å². The van der Waals surface area contributed by atoms with Gasteiger partial charge < -0.3 is 25.4 Å². The van der Waals surface area contributed by atoms with Crippen LogP contribution in [-0.4, -0.2) is 42.6 Å². The largest absolute Gasteiger partial charge is 0.493 e. The number of imidazole rings is 1. The van der Waals surface area contributed by atoms with Crippen LogP contribution in [0.4, 0.5) is 0 Å². The zero-order valence-electron chi connectivity index (χ0n) is 11.7. The van der Waals surface area contributed by atoms with Crippen molar-refractivity contribution in [3.05, 3.63) is 24.7 Å². The molecule has 0 spiro atoms. The Morgan fingerprint density at radius 2 is 2.32 bits per heavy atom. The Kier molecular flexibility index (Phi) is 4.72. The Hall–Kier alpha value is -1.67. The number of carbonyl (C=O) groups is 1. The lowest BCUT2D eigenvalue weighted by Gasteiger charge is -2.16. The molecule has 0 radical (unpaired) electrons. The van der Waals surface area contributed by atoms with Crippen molar-refractivity contribution in [1.82, 2.24) is 9.55 Å². The number of nitrogens with zero attached hydrogens (tertiary/aromatic N) is 2. The van der Waals surface area contributed by atoms with Gasteiger partial charge in [0, 0.05) is 12.3 Å². The van der Waals surface area contributed by atoms with Gasteiger partial charge in [-0.1, -0.05) is 6.08 Å². The summed E-state index contributed by atoms with van der Waals surface area (Å²) in [5, 5.41) is 9.93. The number of hydrogen-bond donors (Lipinski definition) is 4. The Balaban J connectivity index is 2.13. The smallest absolute Gasteiger partial charge is 0.325 e. The highest BCUT2D eigenvalue weighted by Gasteiger charge is 2.36. The number of amides is 1. The molecule has 1 saturated heterocycles. The maximum absolute atomic E-state index is 11.1. The summed E-state index contributed by atoms with van der Waals surface area (Å²) in [6.07, 6.45) is 2.16. The van der Waals surface area contributed by atoms with Crippen LogP contribution in [0.5, 0.6) is 5.88 Å². The van der Waals surface area contributed by atoms with Gasteiger partial charge in [0.1, 0.15) is 12.6 Å². The second-order valence-electron chi connectivity index (χ2n) is 5.13. The summed E-state index contributed by atoms with van der Waals surface area (Å²) < 4.78 is 18.0. The molecule has 1 aliphatic heterocycles. The minimum atomic E-state index is -4.11. The Morgan fingerprint density at radius 3 is 2.82 bits per heavy atom. The molecular formula is C12H18N3O6P. The fourth-order valence-electron chi connectivity index (χ4n) is 2.49. The Labute approximate surface area is 126 Å². The minimum Gasteiger partial charge on any atom is -0.493 e. The van der Waals surface area contributed by atoms with Crippen molar-refractivity contribution in [2.45, 2.75) is 25.2 Å². The summed E-state index contributed by atoms with van der Waals surface area (Å²) in [5.41, 5.74) is 4.83. The average Bonchev–Trinajstić information content (AvgIpc) is 2.98. The molecule has 0 aromatic carbocycles. The average molecular weight is 331 g/mol. The third kappa shape index (κ3) is 3.56. The monoisotopic (exact) mass is 331 g/mol. The molecule has 0 aliphatic carbocycles. The molecule has 0 bridgehead atoms. The van der Waals surface area contributed by atoms with Crippen LogP contribution in [0.3, 0.4) is 0 Å². The number of rotatable bonds is 6. The van der Waals surface area contributed by atoms with E-state index < -0.39 is 31.7 Å². The Bertz CT molecular complexity index is 624. The normalized spacial score (nSPS) is 25.3. The fraction of sp³-hybridized carbons (Fsp3) is 0.500. The number of ether oxygens (including phenoxy) is 1. The van der Waals surface area contributed by atoms with E-state index in [9.17, 15) is 14.5 Å². The van der Waals surface area contributed by atoms with E-state index in [0.29, 0.717) is 6.42 Å². The van der Waals surface area contributed by atoms with Gasteiger partial charge in [-0.25, -0.2) is 4.98 Å². The molecule has 22 heavy (non-hydrogen) atoms. The van der Waals surface area contributed by atoms with Crippen molar-refractivity contribution in [2.24, 2.45) is 11.7 Å². The van der Waals surface area contributed by atoms with Crippen LogP contribution in [0.25, 0.3) is 0 Å². The van der Waals surface area contributed by atoms with Crippen LogP contribution < -0.4 is 5.73 Å². The zero-order valence-corrected chi connectivity index (χ0v) is 12.6. The van der Waals surface area contributed by atoms with Crippen LogP contribution in [0.1, 0.15) is 29.6 Å². The van der Waals surface area contributed by atoms with E-state index in [1.165, 1.54) is 10.9 Å². The molecule has 122 valence electrons. The highest BCUT2D eigenvalue weighted by Crippen LogP contribution is 2.42. The molecule has 3 atom stereocenters. The third-order valence-corrected chi connectivity index (χ3v) is 4.44. The number of nitrogens with two attached hydrogens (primary N) is 1. The number of primary amides is 1. The van der Waals surface area contributed by atoms with Gasteiger partial charge in [-0.05, 0) is 6.42 Å². The van der Waals surface area contributed by atoms with Crippen LogP contribution in [-0.2, 0) is 9.30 Å². The molecule has 1 fully saturated rings. The molecule has 1 aliphatic rings. The maximum Gasteiger partial charge on any atom is 0.325 e. The highest BCUT2D eigenvalue weighted by atomic mass is 31.2. The fourth-order valence-corrected chi connectivity index (χ4v) is 3.08. The molecule has 10 heteroatoms. The van der Waals surface area contributed by atoms with Crippen molar-refractivity contribution in [3.8, 4) is 5.88 Å². The van der Waals surface area contributed by atoms with Gasteiger partial charge in [0.25, 0.3) is 5.91 Å². The molecule has 1 aromatic rings. The number of aromatic nitrogens is 2. The van der Waals surface area contributed by atoms with E-state index in [-0.39, 0.29) is 24.2 Å². The van der Waals surface area contributed by atoms with Gasteiger partial charge in [-0.15, -0.1) is 6.58 Å². The SMILES string of the molecule is C=CC1C[C@H](n2cnc(C(N)=O)c2O)O[C@@H]1CCP(=O)(O)O. The lowest BCUT2D eigenvalue weighted by molar-refractivity contribution is -0.00678. The molecule has 2 rings (SSSR count). The summed E-state index contributed by atoms with van der Waals surface area (Å²) in [5.74, 6) is -1.38. The van der Waals surface area contributed by atoms with Gasteiger partial charge in [-0.3, -0.25) is 13.9 Å². The van der Waals surface area contributed by atoms with Gasteiger partial charge in [0.2, 0.25) is 5.88 Å². The van der Waals surface area contributed by atoms with E-state index in [1.54, 1.807) is 6.08 Å². The van der Waals surface area contributed by atoms with Gasteiger partial charge >= 0.3 is 7.60 Å². The molecule has 9 nitrogen and oxygen atoms in total. The molecule has 1 unspecified atom stereocenters. The lowest BCUT2D eigenvalue weighted by Crippen LogP contribution is -2.16. The van der Waals surface area contributed by atoms with Crippen molar-refractivity contribution in [2.75, 3.05) is 6.16 Å². The van der Waals surface area contributed by atoms with Gasteiger partial charge in [0.05, 0.1) is 12.3 Å². The second kappa shape index (κ2) is 6.21. The Morgan fingerprint density at radius 1 is 1.64 bits per heavy atom. The first-order valence-electron chi connectivity index (χ1n) is 6.61. The first kappa shape index (κ1) is 16.7. The quantitative estimate of drug-likeness (QED) is 0.434. The summed E-state index contributed by atoms with van der Waals surface area (Å²) >= 11 is 0. The second-order valence-corrected chi connectivity index (χ2v) is 6.91. The van der Waals surface area contributed by atoms with E-state index >= 15 is 0 Å². The van der Waals surface area contributed by atoms with E-state index in [4.69, 9.17) is 20.3 Å². The first-order chi connectivity index (χ1) is 10.2. The molecule has 1 aromatic heterocycles. The van der Waals surface area contributed by atoms with E-state index in [0.717, 1.165) is 0 Å². The number of aromatic hydroxyl groups is 1. The van der Waals surface area contributed by atoms with Crippen molar-refractivity contribution < 1.29 is 29.0 Å². The van der Waals surface area contributed by atoms with Crippen LogP contribution in [0.2, 0.25) is 0 Å². The number of hydrogen-bond acceptors (Lipinski definition) is 5. The minimum absolute atomic E-state index is 0.129. The first-order valence-corrected chi connectivity index (χ1v) is 8.41. The zero-order chi connectivity index (χ0) is 16.5. The van der Waals surface area contributed by atoms with Crippen molar-refractivity contribution in [1.29, 1.82) is 0 Å². The third-order valence-electron chi connectivity index (χ3n) is 3.60. The molecule has 5 N–H and O–H groups in total. The van der Waals surface area contributed by atoms with E-state index in [1.807, 2.05) is 0 Å². The van der Waals surface area contributed by atoms with Crippen LogP contribution in [0, 0.1) is 5.92 Å². The van der Waals surface area contributed by atoms with Gasteiger partial charge in [-0.2, -0.15) is 0 Å². The van der Waals surface area contributed by atoms with E-state index in [2.05, 4.69) is 11.6 Å². The summed E-state index contributed by atoms with van der Waals surface area (Å²) in [6, 6.07) is 0. The lowest BCUT2D eigenvalue weighted by atomic mass is 9.99. The van der Waals surface area contributed by atoms with Crippen molar-refractivity contribution >= 4 is 13.5 Å². The molecule has 2 heterocycles. The maximum atomic E-state index is 11.1. The number of carbonyl (C=O) groups excluding carboxylic acids is 1. The van der Waals surface area contributed by atoms with Crippen LogP contribution in [0.15, 0.2) is 19.0 Å². The van der Waals surface area contributed by atoms with Crippen molar-refractivity contribution in [3.63, 3.8) is 0 Å². The van der Waals surface area contributed by atoms with Gasteiger partial charge in [0.15, 0.2) is 5.69 Å². The standard InChI is InChI=1S/C12H18N3O6P/c1-2-7-5-9(21-8(7)3-4-22(18,19)20)15-6-14-10(11(13)16)12(15)17/h2,6-9,17H,1,3-5H2,(H2,13,16)(H2,18,19,20)/t7?,8-,9-/m1/s1.